The minimum atomic E-state index is -1.61. The summed E-state index contributed by atoms with van der Waals surface area (Å²) in [5.41, 5.74) is -0.944. The molecule has 41 heavy (non-hydrogen) atoms. The Morgan fingerprint density at radius 1 is 1.00 bits per heavy atom. The predicted molar refractivity (Wildman–Crippen MR) is 163 cm³/mol. The largest absolute Gasteiger partial charge is 0.495 e. The number of nitrogens with zero attached hydrogens (tertiary/aromatic N) is 3. The third-order valence-corrected chi connectivity index (χ3v) is 8.46. The summed E-state index contributed by atoms with van der Waals surface area (Å²) in [5, 5.41) is 21.5. The van der Waals surface area contributed by atoms with Crippen LogP contribution in [-0.4, -0.2) is 27.7 Å². The fourth-order valence-corrected chi connectivity index (χ4v) is 6.33. The smallest absolute Gasteiger partial charge is 0.330 e. The maximum Gasteiger partial charge on any atom is 0.330 e. The van der Waals surface area contributed by atoms with Crippen LogP contribution in [0.15, 0.2) is 59.8 Å². The van der Waals surface area contributed by atoms with Crippen molar-refractivity contribution >= 4 is 17.6 Å². The number of carbonyl (C=O) groups is 1. The number of aromatic nitrogens is 2. The molecule has 0 radical (unpaired) electrons. The van der Waals surface area contributed by atoms with Crippen LogP contribution in [0.3, 0.4) is 0 Å². The van der Waals surface area contributed by atoms with Crippen LogP contribution in [0.25, 0.3) is 11.1 Å². The van der Waals surface area contributed by atoms with Crippen molar-refractivity contribution in [2.45, 2.75) is 89.5 Å². The summed E-state index contributed by atoms with van der Waals surface area (Å²) in [7, 11) is 1.48. The van der Waals surface area contributed by atoms with Crippen LogP contribution in [0, 0.1) is 11.3 Å². The fraction of sp³-hybridized carbons (Fsp3) is 0.455. The molecule has 1 aromatic carbocycles. The van der Waals surface area contributed by atoms with Crippen molar-refractivity contribution in [3.05, 3.63) is 81.5 Å². The van der Waals surface area contributed by atoms with E-state index in [1.54, 1.807) is 30.6 Å². The lowest BCUT2D eigenvalue weighted by atomic mass is 9.58. The minimum absolute atomic E-state index is 0.262. The average molecular weight is 578 g/mol. The normalized spacial score (nSPS) is 12.9. The molecule has 7 nitrogen and oxygen atoms in total. The highest BCUT2D eigenvalue weighted by Crippen LogP contribution is 2.51. The predicted octanol–water partition coefficient (Wildman–Crippen LogP) is 7.73. The summed E-state index contributed by atoms with van der Waals surface area (Å²) in [6.07, 6.45) is 11.1. The van der Waals surface area contributed by atoms with E-state index in [2.05, 4.69) is 24.9 Å². The van der Waals surface area contributed by atoms with E-state index in [4.69, 9.17) is 16.3 Å². The molecular weight excluding hydrogens is 538 g/mol. The second kappa shape index (κ2) is 14.3. The number of aliphatic carboxylic acids is 1. The lowest BCUT2D eigenvalue weighted by Gasteiger charge is -2.50. The van der Waals surface area contributed by atoms with Crippen LogP contribution >= 0.6 is 11.6 Å². The standard InChI is InChI=1S/C33H40ClN3O4/c1-5-8-15-32(16-9-6-2,25-13-18-36-19-14-25)33(31(39)40,17-10-7-3)37-23-29(41-4)28(21-30(37)38)27-20-26(34)12-11-24(27)22-35/h11-14,18-21,23H,5-10,15-17H2,1-4H3,(H,39,40). The lowest BCUT2D eigenvalue weighted by Crippen LogP contribution is -2.61. The molecule has 0 bridgehead atoms. The Labute approximate surface area is 247 Å². The molecule has 3 rings (SSSR count). The minimum Gasteiger partial charge on any atom is -0.495 e. The summed E-state index contributed by atoms with van der Waals surface area (Å²) in [6.45, 7) is 6.20. The van der Waals surface area contributed by atoms with E-state index in [1.807, 2.05) is 19.1 Å². The molecule has 0 aliphatic carbocycles. The maximum absolute atomic E-state index is 14.2. The van der Waals surface area contributed by atoms with E-state index in [-0.39, 0.29) is 6.42 Å². The van der Waals surface area contributed by atoms with Gasteiger partial charge < -0.3 is 9.84 Å². The van der Waals surface area contributed by atoms with Crippen LogP contribution < -0.4 is 10.3 Å². The monoisotopic (exact) mass is 577 g/mol. The Morgan fingerprint density at radius 3 is 2.15 bits per heavy atom. The molecule has 0 saturated heterocycles. The number of nitriles is 1. The number of halogens is 1. The first kappa shape index (κ1) is 31.9. The van der Waals surface area contributed by atoms with Crippen molar-refractivity contribution in [3.63, 3.8) is 0 Å². The van der Waals surface area contributed by atoms with Crippen LogP contribution in [0.5, 0.6) is 5.75 Å². The number of carboxylic acid groups (broad SMARTS) is 1. The molecule has 218 valence electrons. The van der Waals surface area contributed by atoms with Gasteiger partial charge in [0.15, 0.2) is 5.54 Å². The van der Waals surface area contributed by atoms with Gasteiger partial charge in [-0.1, -0.05) is 70.9 Å². The van der Waals surface area contributed by atoms with Gasteiger partial charge in [0.25, 0.3) is 5.56 Å². The number of carboxylic acids is 1. The Hall–Kier alpha value is -3.63. The Balaban J connectivity index is 2.49. The number of hydrogen-bond acceptors (Lipinski definition) is 5. The molecule has 2 heterocycles. The van der Waals surface area contributed by atoms with E-state index in [0.29, 0.717) is 46.7 Å². The molecule has 1 N–H and O–H groups in total. The van der Waals surface area contributed by atoms with Gasteiger partial charge in [-0.3, -0.25) is 14.3 Å². The topological polar surface area (TPSA) is 105 Å². The maximum atomic E-state index is 14.2. The number of methoxy groups -OCH3 is 1. The molecule has 0 fully saturated rings. The Morgan fingerprint density at radius 2 is 1.61 bits per heavy atom. The molecule has 0 amide bonds. The van der Waals surface area contributed by atoms with Gasteiger partial charge in [0.2, 0.25) is 0 Å². The Bertz CT molecular complexity index is 1420. The van der Waals surface area contributed by atoms with Crippen LogP contribution in [-0.2, 0) is 15.7 Å². The molecule has 1 atom stereocenters. The summed E-state index contributed by atoms with van der Waals surface area (Å²) in [6, 6.07) is 12.2. The molecule has 0 aliphatic rings. The van der Waals surface area contributed by atoms with Crippen LogP contribution in [0.1, 0.15) is 89.7 Å². The third-order valence-electron chi connectivity index (χ3n) is 8.23. The van der Waals surface area contributed by atoms with E-state index in [1.165, 1.54) is 23.9 Å². The van der Waals surface area contributed by atoms with E-state index >= 15 is 0 Å². The van der Waals surface area contributed by atoms with E-state index in [9.17, 15) is 20.0 Å². The van der Waals surface area contributed by atoms with Gasteiger partial charge >= 0.3 is 5.97 Å². The third kappa shape index (κ3) is 6.18. The number of hydrogen-bond donors (Lipinski definition) is 1. The summed E-state index contributed by atoms with van der Waals surface area (Å²) in [5.74, 6) is -0.757. The summed E-state index contributed by atoms with van der Waals surface area (Å²) in [4.78, 5) is 32.3. The van der Waals surface area contributed by atoms with Crippen molar-refractivity contribution in [1.29, 1.82) is 5.26 Å². The molecule has 8 heteroatoms. The molecular formula is C33H40ClN3O4. The molecule has 0 spiro atoms. The average Bonchev–Trinajstić information content (AvgIpc) is 2.98. The van der Waals surface area contributed by atoms with Gasteiger partial charge in [-0.2, -0.15) is 5.26 Å². The van der Waals surface area contributed by atoms with Gasteiger partial charge in [0.05, 0.1) is 24.9 Å². The fourth-order valence-electron chi connectivity index (χ4n) is 6.15. The number of benzene rings is 1. The first-order chi connectivity index (χ1) is 19.8. The zero-order valence-corrected chi connectivity index (χ0v) is 25.2. The molecule has 1 unspecified atom stereocenters. The van der Waals surface area contributed by atoms with Gasteiger partial charge in [-0.15, -0.1) is 0 Å². The lowest BCUT2D eigenvalue weighted by molar-refractivity contribution is -0.154. The van der Waals surface area contributed by atoms with Crippen molar-refractivity contribution in [1.82, 2.24) is 9.55 Å². The zero-order chi connectivity index (χ0) is 30.0. The second-order valence-corrected chi connectivity index (χ2v) is 11.0. The summed E-state index contributed by atoms with van der Waals surface area (Å²) >= 11 is 6.27. The van der Waals surface area contributed by atoms with Crippen molar-refractivity contribution in [3.8, 4) is 22.9 Å². The van der Waals surface area contributed by atoms with Crippen molar-refractivity contribution in [2.24, 2.45) is 0 Å². The van der Waals surface area contributed by atoms with Crippen LogP contribution in [0.4, 0.5) is 0 Å². The molecule has 2 aromatic heterocycles. The molecule has 0 saturated carbocycles. The Kier molecular flexibility index (Phi) is 11.1. The quantitative estimate of drug-likeness (QED) is 0.198. The highest BCUT2D eigenvalue weighted by Gasteiger charge is 2.58. The van der Waals surface area contributed by atoms with Crippen LogP contribution in [0.2, 0.25) is 5.02 Å². The first-order valence-corrected chi connectivity index (χ1v) is 14.8. The number of ether oxygens (including phenoxy) is 1. The molecule has 3 aromatic rings. The highest BCUT2D eigenvalue weighted by atomic mass is 35.5. The van der Waals surface area contributed by atoms with E-state index < -0.39 is 22.5 Å². The van der Waals surface area contributed by atoms with Crippen molar-refractivity contribution in [2.75, 3.05) is 7.11 Å². The number of rotatable bonds is 15. The molecule has 0 aliphatic heterocycles. The zero-order valence-electron chi connectivity index (χ0n) is 24.5. The van der Waals surface area contributed by atoms with Gasteiger partial charge in [-0.25, -0.2) is 4.79 Å². The van der Waals surface area contributed by atoms with Gasteiger partial charge in [-0.05, 0) is 55.2 Å². The SMILES string of the molecule is CCCCC(CCCC)(c1ccncc1)C(CCCC)(C(=O)O)n1cc(OC)c(-c2cc(Cl)ccc2C#N)cc1=O. The second-order valence-electron chi connectivity index (χ2n) is 10.6. The van der Waals surface area contributed by atoms with E-state index in [0.717, 1.165) is 37.7 Å². The first-order valence-electron chi connectivity index (χ1n) is 14.4. The number of pyridine rings is 2. The van der Waals surface area contributed by atoms with Crippen molar-refractivity contribution < 1.29 is 14.6 Å². The number of unbranched alkanes of at least 4 members (excludes halogenated alkanes) is 3. The highest BCUT2D eigenvalue weighted by molar-refractivity contribution is 6.31. The van der Waals surface area contributed by atoms with Gasteiger partial charge in [0, 0.05) is 40.0 Å². The van der Waals surface area contributed by atoms with Gasteiger partial charge in [0.1, 0.15) is 5.75 Å². The summed E-state index contributed by atoms with van der Waals surface area (Å²) < 4.78 is 7.18.